The lowest BCUT2D eigenvalue weighted by Crippen LogP contribution is -2.30. The fraction of sp³-hybridized carbons (Fsp3) is 0.462. The van der Waals surface area contributed by atoms with Crippen molar-refractivity contribution in [2.45, 2.75) is 19.9 Å². The third-order valence-corrected chi connectivity index (χ3v) is 4.00. The summed E-state index contributed by atoms with van der Waals surface area (Å²) in [6.45, 7) is 2.77. The van der Waals surface area contributed by atoms with E-state index in [-0.39, 0.29) is 29.7 Å². The molecule has 8 heteroatoms. The van der Waals surface area contributed by atoms with Crippen LogP contribution in [0.5, 0.6) is 0 Å². The maximum atomic E-state index is 11.7. The number of aromatic carboxylic acids is 1. The normalized spacial score (nSPS) is 14.5. The van der Waals surface area contributed by atoms with E-state index in [4.69, 9.17) is 9.52 Å². The minimum absolute atomic E-state index is 0.00978. The molecule has 0 atom stereocenters. The Bertz CT molecular complexity index is 569. The third-order valence-electron chi connectivity index (χ3n) is 3.11. The van der Waals surface area contributed by atoms with Crippen molar-refractivity contribution in [1.82, 2.24) is 10.2 Å². The van der Waals surface area contributed by atoms with Gasteiger partial charge in [-0.15, -0.1) is 0 Å². The van der Waals surface area contributed by atoms with E-state index in [0.717, 1.165) is 5.75 Å². The highest BCUT2D eigenvalue weighted by Crippen LogP contribution is 2.17. The van der Waals surface area contributed by atoms with Crippen LogP contribution in [0.1, 0.15) is 28.3 Å². The van der Waals surface area contributed by atoms with E-state index >= 15 is 0 Å². The van der Waals surface area contributed by atoms with Crippen LogP contribution in [0.25, 0.3) is 0 Å². The molecule has 2 N–H and O–H groups in total. The number of furan rings is 1. The van der Waals surface area contributed by atoms with E-state index in [0.29, 0.717) is 24.6 Å². The third kappa shape index (κ3) is 4.01. The average molecular weight is 312 g/mol. The van der Waals surface area contributed by atoms with E-state index in [1.54, 1.807) is 11.8 Å². The van der Waals surface area contributed by atoms with E-state index in [1.807, 2.05) is 0 Å². The number of amides is 2. The Morgan fingerprint density at radius 2 is 2.29 bits per heavy atom. The number of aryl methyl sites for hydroxylation is 1. The molecule has 1 aliphatic rings. The zero-order valence-electron chi connectivity index (χ0n) is 11.5. The lowest BCUT2D eigenvalue weighted by atomic mass is 10.2. The molecular formula is C13H16N2O5S. The standard InChI is InChI=1S/C13H16N2O5S/c1-8-10(12(17)18)6-9(20-8)7-14-11(16)2-3-15-4-5-21-13(15)19/h6H,2-5,7H2,1H3,(H,14,16)(H,17,18). The average Bonchev–Trinajstić information content (AvgIpc) is 3.00. The largest absolute Gasteiger partial charge is 0.478 e. The van der Waals surface area contributed by atoms with Gasteiger partial charge in [0.25, 0.3) is 5.24 Å². The number of hydrogen-bond donors (Lipinski definition) is 2. The molecule has 2 heterocycles. The minimum atomic E-state index is -1.06. The smallest absolute Gasteiger partial charge is 0.339 e. The highest BCUT2D eigenvalue weighted by atomic mass is 32.2. The van der Waals surface area contributed by atoms with Crippen LogP contribution >= 0.6 is 11.8 Å². The van der Waals surface area contributed by atoms with E-state index in [1.165, 1.54) is 17.8 Å². The van der Waals surface area contributed by atoms with Gasteiger partial charge in [0.1, 0.15) is 17.1 Å². The molecule has 2 rings (SSSR count). The predicted molar refractivity (Wildman–Crippen MR) is 76.3 cm³/mol. The molecule has 1 aromatic heterocycles. The number of nitrogens with one attached hydrogen (secondary N) is 1. The molecule has 1 aliphatic heterocycles. The molecule has 0 bridgehead atoms. The van der Waals surface area contributed by atoms with Crippen molar-refractivity contribution >= 4 is 28.9 Å². The van der Waals surface area contributed by atoms with E-state index in [9.17, 15) is 14.4 Å². The second-order valence-corrected chi connectivity index (χ2v) is 5.66. The van der Waals surface area contributed by atoms with Crippen LogP contribution in [0.15, 0.2) is 10.5 Å². The molecule has 1 fully saturated rings. The molecule has 21 heavy (non-hydrogen) atoms. The molecule has 1 saturated heterocycles. The highest BCUT2D eigenvalue weighted by Gasteiger charge is 2.21. The van der Waals surface area contributed by atoms with Crippen molar-refractivity contribution in [3.63, 3.8) is 0 Å². The first-order valence-corrected chi connectivity index (χ1v) is 7.47. The summed E-state index contributed by atoms with van der Waals surface area (Å²) in [4.78, 5) is 35.6. The van der Waals surface area contributed by atoms with Crippen LogP contribution in [0.3, 0.4) is 0 Å². The first-order valence-electron chi connectivity index (χ1n) is 6.48. The molecule has 2 amide bonds. The van der Waals surface area contributed by atoms with Gasteiger partial charge in [0.05, 0.1) is 6.54 Å². The molecule has 0 radical (unpaired) electrons. The van der Waals surface area contributed by atoms with Gasteiger partial charge in [-0.3, -0.25) is 9.59 Å². The molecule has 7 nitrogen and oxygen atoms in total. The fourth-order valence-corrected chi connectivity index (χ4v) is 2.83. The molecule has 0 aliphatic carbocycles. The van der Waals surface area contributed by atoms with Crippen LogP contribution in [-0.2, 0) is 11.3 Å². The molecule has 0 spiro atoms. The summed E-state index contributed by atoms with van der Waals surface area (Å²) in [5, 5.41) is 11.6. The highest BCUT2D eigenvalue weighted by molar-refractivity contribution is 8.13. The molecule has 1 aromatic rings. The Kier molecular flexibility index (Phi) is 4.89. The van der Waals surface area contributed by atoms with Crippen molar-refractivity contribution in [3.8, 4) is 0 Å². The van der Waals surface area contributed by atoms with Crippen LogP contribution in [0.2, 0.25) is 0 Å². The Morgan fingerprint density at radius 1 is 1.52 bits per heavy atom. The van der Waals surface area contributed by atoms with Gasteiger partial charge in [-0.05, 0) is 13.0 Å². The summed E-state index contributed by atoms with van der Waals surface area (Å²) in [6, 6.07) is 1.40. The number of thioether (sulfide) groups is 1. The monoisotopic (exact) mass is 312 g/mol. The van der Waals surface area contributed by atoms with Gasteiger partial charge in [0.2, 0.25) is 5.91 Å². The van der Waals surface area contributed by atoms with Gasteiger partial charge in [0.15, 0.2) is 0 Å². The fourth-order valence-electron chi connectivity index (χ4n) is 1.98. The minimum Gasteiger partial charge on any atom is -0.478 e. The Labute approximate surface area is 125 Å². The second-order valence-electron chi connectivity index (χ2n) is 4.62. The second kappa shape index (κ2) is 6.66. The maximum absolute atomic E-state index is 11.7. The first kappa shape index (κ1) is 15.4. The molecule has 0 aromatic carbocycles. The number of carbonyl (C=O) groups excluding carboxylic acids is 2. The Hall–Kier alpha value is -1.96. The SMILES string of the molecule is Cc1oc(CNC(=O)CCN2CCSC2=O)cc1C(=O)O. The summed E-state index contributed by atoms with van der Waals surface area (Å²) in [5.74, 6) is 0.214. The first-order chi connectivity index (χ1) is 9.97. The number of carboxylic acids is 1. The Morgan fingerprint density at radius 3 is 2.86 bits per heavy atom. The summed E-state index contributed by atoms with van der Waals surface area (Å²) in [6.07, 6.45) is 0.220. The van der Waals surface area contributed by atoms with Crippen molar-refractivity contribution in [1.29, 1.82) is 0 Å². The van der Waals surface area contributed by atoms with Crippen LogP contribution in [0.4, 0.5) is 4.79 Å². The van der Waals surface area contributed by atoms with Crippen LogP contribution in [-0.4, -0.2) is 46.0 Å². The lowest BCUT2D eigenvalue weighted by Gasteiger charge is -2.13. The molecule has 0 saturated carbocycles. The zero-order valence-corrected chi connectivity index (χ0v) is 12.4. The number of rotatable bonds is 6. The quantitative estimate of drug-likeness (QED) is 0.825. The van der Waals surface area contributed by atoms with Gasteiger partial charge in [-0.25, -0.2) is 4.79 Å². The molecule has 114 valence electrons. The van der Waals surface area contributed by atoms with Crippen LogP contribution < -0.4 is 5.32 Å². The van der Waals surface area contributed by atoms with Gasteiger partial charge in [0, 0.05) is 25.3 Å². The van der Waals surface area contributed by atoms with Crippen molar-refractivity contribution in [3.05, 3.63) is 23.2 Å². The van der Waals surface area contributed by atoms with Crippen molar-refractivity contribution in [2.75, 3.05) is 18.8 Å². The van der Waals surface area contributed by atoms with Gasteiger partial charge in [-0.2, -0.15) is 0 Å². The van der Waals surface area contributed by atoms with Gasteiger partial charge < -0.3 is 19.7 Å². The van der Waals surface area contributed by atoms with Crippen molar-refractivity contribution < 1.29 is 23.9 Å². The summed E-state index contributed by atoms with van der Waals surface area (Å²) < 4.78 is 5.26. The van der Waals surface area contributed by atoms with E-state index < -0.39 is 5.97 Å². The summed E-state index contributed by atoms with van der Waals surface area (Å²) >= 11 is 1.26. The maximum Gasteiger partial charge on any atom is 0.339 e. The number of carboxylic acid groups (broad SMARTS) is 1. The topological polar surface area (TPSA) is 99.9 Å². The number of nitrogens with zero attached hydrogens (tertiary/aromatic N) is 1. The molecular weight excluding hydrogens is 296 g/mol. The predicted octanol–water partition coefficient (Wildman–Crippen LogP) is 1.46. The van der Waals surface area contributed by atoms with Gasteiger partial charge in [-0.1, -0.05) is 11.8 Å². The zero-order chi connectivity index (χ0) is 15.4. The summed E-state index contributed by atoms with van der Waals surface area (Å²) in [7, 11) is 0. The summed E-state index contributed by atoms with van der Waals surface area (Å²) in [5.41, 5.74) is 0.0962. The van der Waals surface area contributed by atoms with E-state index in [2.05, 4.69) is 5.32 Å². The van der Waals surface area contributed by atoms with Crippen molar-refractivity contribution in [2.24, 2.45) is 0 Å². The molecule has 0 unspecified atom stereocenters. The van der Waals surface area contributed by atoms with Crippen LogP contribution in [0, 0.1) is 6.92 Å². The Balaban J connectivity index is 1.77. The number of carbonyl (C=O) groups is 3. The van der Waals surface area contributed by atoms with Gasteiger partial charge >= 0.3 is 5.97 Å². The lowest BCUT2D eigenvalue weighted by molar-refractivity contribution is -0.121. The number of hydrogen-bond acceptors (Lipinski definition) is 5.